The highest BCUT2D eigenvalue weighted by Gasteiger charge is 2.22. The number of hydrogen-bond acceptors (Lipinski definition) is 10. The van der Waals surface area contributed by atoms with Gasteiger partial charge in [-0.2, -0.15) is 0 Å². The Bertz CT molecular complexity index is 1560. The van der Waals surface area contributed by atoms with Crippen LogP contribution < -0.4 is 20.2 Å². The van der Waals surface area contributed by atoms with Crippen molar-refractivity contribution in [1.29, 1.82) is 0 Å². The summed E-state index contributed by atoms with van der Waals surface area (Å²) in [5, 5.41) is 12.8. The molecule has 4 rings (SSSR count). The van der Waals surface area contributed by atoms with Gasteiger partial charge in [-0.25, -0.2) is 13.6 Å². The van der Waals surface area contributed by atoms with Gasteiger partial charge in [0, 0.05) is 41.8 Å². The average molecular weight is 588 g/mol. The number of rotatable bonds is 15. The second kappa shape index (κ2) is 14.6. The summed E-state index contributed by atoms with van der Waals surface area (Å²) in [6.45, 7) is 3.55. The van der Waals surface area contributed by atoms with Crippen LogP contribution in [0.3, 0.4) is 0 Å². The number of methoxy groups -OCH3 is 1. The number of fused-ring (bicyclic) bond motifs is 2. The fourth-order valence-corrected chi connectivity index (χ4v) is 4.23. The van der Waals surface area contributed by atoms with Crippen LogP contribution in [-0.2, 0) is 19.0 Å². The number of nitrogens with one attached hydrogen (secondary N) is 1. The van der Waals surface area contributed by atoms with E-state index in [0.29, 0.717) is 55.5 Å². The maximum atomic E-state index is 15.2. The summed E-state index contributed by atoms with van der Waals surface area (Å²) >= 11 is 0. The Hall–Kier alpha value is -4.26. The Morgan fingerprint density at radius 1 is 0.952 bits per heavy atom. The molecule has 0 fully saturated rings. The second-order valence-electron chi connectivity index (χ2n) is 8.92. The number of benzene rings is 3. The normalized spacial score (nSPS) is 11.2. The molecule has 10 nitrogen and oxygen atoms in total. The molecule has 0 saturated heterocycles. The van der Waals surface area contributed by atoms with Crippen molar-refractivity contribution in [3.8, 4) is 33.9 Å². The highest BCUT2D eigenvalue weighted by atomic mass is 19.1. The Labute approximate surface area is 240 Å². The predicted octanol–water partition coefficient (Wildman–Crippen LogP) is 4.23. The van der Waals surface area contributed by atoms with E-state index in [1.807, 2.05) is 6.92 Å². The van der Waals surface area contributed by atoms with Gasteiger partial charge in [-0.3, -0.25) is 4.79 Å². The number of esters is 1. The number of carbonyl (C=O) groups excluding carboxylic acids is 1. The largest absolute Gasteiger partial charge is 0.489 e. The highest BCUT2D eigenvalue weighted by molar-refractivity contribution is 6.02. The van der Waals surface area contributed by atoms with Crippen LogP contribution in [0, 0.1) is 11.6 Å². The molecule has 1 aliphatic carbocycles. The summed E-state index contributed by atoms with van der Waals surface area (Å²) in [6, 6.07) is 9.54. The summed E-state index contributed by atoms with van der Waals surface area (Å²) in [4.78, 5) is 23.6. The zero-order chi connectivity index (χ0) is 30.1. The van der Waals surface area contributed by atoms with Gasteiger partial charge in [0.1, 0.15) is 23.7 Å². The van der Waals surface area contributed by atoms with Crippen molar-refractivity contribution >= 4 is 22.6 Å². The van der Waals surface area contributed by atoms with Crippen LogP contribution in [0.25, 0.3) is 33.4 Å². The molecule has 0 saturated carbocycles. The smallest absolute Gasteiger partial charge is 0.343 e. The van der Waals surface area contributed by atoms with E-state index >= 15 is 4.39 Å². The summed E-state index contributed by atoms with van der Waals surface area (Å²) in [5.74, 6) is -2.37. The third-order valence-electron chi connectivity index (χ3n) is 6.16. The molecular weight excluding hydrogens is 556 g/mol. The molecule has 0 bridgehead atoms. The lowest BCUT2D eigenvalue weighted by atomic mass is 9.93. The standard InChI is InChI=1S/C30H31F2NO9/c1-3-38-10-11-39-8-6-33-23-5-4-18(12-28(23)40-9-7-34)30-19-13-21(31)24(35)15-25(19)42-26-16-27(22(32)14-20(26)30)41-17-29(36)37-2/h4-5,12-16,33-34H,3,6-11,17H2,1-2H3. The Morgan fingerprint density at radius 3 is 2.52 bits per heavy atom. The predicted molar refractivity (Wildman–Crippen MR) is 150 cm³/mol. The SMILES string of the molecule is CCOCCOCCNc1ccc(-c2c3cc(F)c(=O)cc-3oc3cc(OCC(=O)OC)c(F)cc23)cc1OCCO. The van der Waals surface area contributed by atoms with E-state index in [1.165, 1.54) is 13.2 Å². The van der Waals surface area contributed by atoms with Gasteiger partial charge in [0.25, 0.3) is 0 Å². The van der Waals surface area contributed by atoms with Gasteiger partial charge in [0.15, 0.2) is 24.0 Å². The number of halogens is 2. The summed E-state index contributed by atoms with van der Waals surface area (Å²) in [7, 11) is 1.17. The van der Waals surface area contributed by atoms with E-state index in [-0.39, 0.29) is 41.3 Å². The molecule has 0 aromatic heterocycles. The van der Waals surface area contributed by atoms with E-state index < -0.39 is 29.6 Å². The molecule has 1 aliphatic heterocycles. The van der Waals surface area contributed by atoms with Crippen molar-refractivity contribution in [1.82, 2.24) is 0 Å². The molecule has 0 radical (unpaired) electrons. The van der Waals surface area contributed by atoms with Crippen molar-refractivity contribution < 1.29 is 46.8 Å². The minimum absolute atomic E-state index is 0.00169. The van der Waals surface area contributed by atoms with Gasteiger partial charge in [-0.05, 0) is 36.8 Å². The van der Waals surface area contributed by atoms with E-state index in [1.54, 1.807) is 18.2 Å². The van der Waals surface area contributed by atoms with Crippen LogP contribution in [0.4, 0.5) is 14.5 Å². The van der Waals surface area contributed by atoms with E-state index in [0.717, 1.165) is 18.2 Å². The van der Waals surface area contributed by atoms with Crippen LogP contribution >= 0.6 is 0 Å². The summed E-state index contributed by atoms with van der Waals surface area (Å²) in [6.07, 6.45) is 0. The van der Waals surface area contributed by atoms with Gasteiger partial charge in [-0.1, -0.05) is 6.07 Å². The average Bonchev–Trinajstić information content (AvgIpc) is 2.98. The molecule has 12 heteroatoms. The van der Waals surface area contributed by atoms with E-state index in [4.69, 9.17) is 23.4 Å². The van der Waals surface area contributed by atoms with Crippen molar-refractivity contribution in [2.45, 2.75) is 6.92 Å². The van der Waals surface area contributed by atoms with E-state index in [2.05, 4.69) is 10.1 Å². The minimum Gasteiger partial charge on any atom is -0.489 e. The van der Waals surface area contributed by atoms with Crippen molar-refractivity contribution in [3.05, 3.63) is 64.3 Å². The highest BCUT2D eigenvalue weighted by Crippen LogP contribution is 2.43. The fraction of sp³-hybridized carbons (Fsp3) is 0.333. The topological polar surface area (TPSA) is 126 Å². The zero-order valence-electron chi connectivity index (χ0n) is 23.2. The lowest BCUT2D eigenvalue weighted by molar-refractivity contribution is -0.142. The van der Waals surface area contributed by atoms with Gasteiger partial charge in [0.2, 0.25) is 5.43 Å². The Kier molecular flexibility index (Phi) is 10.7. The molecule has 1 heterocycles. The lowest BCUT2D eigenvalue weighted by Gasteiger charge is -2.19. The fourth-order valence-electron chi connectivity index (χ4n) is 4.23. The molecule has 0 spiro atoms. The Morgan fingerprint density at radius 2 is 1.76 bits per heavy atom. The quantitative estimate of drug-likeness (QED) is 0.119. The lowest BCUT2D eigenvalue weighted by Crippen LogP contribution is -2.13. The van der Waals surface area contributed by atoms with Gasteiger partial charge >= 0.3 is 5.97 Å². The molecule has 2 aromatic carbocycles. The second-order valence-corrected chi connectivity index (χ2v) is 8.92. The molecule has 2 N–H and O–H groups in total. The van der Waals surface area contributed by atoms with Gasteiger partial charge < -0.3 is 38.5 Å². The maximum absolute atomic E-state index is 15.2. The first-order chi connectivity index (χ1) is 20.4. The molecule has 0 amide bonds. The van der Waals surface area contributed by atoms with Gasteiger partial charge in [0.05, 0.1) is 39.2 Å². The van der Waals surface area contributed by atoms with Crippen LogP contribution in [0.5, 0.6) is 11.5 Å². The first-order valence-electron chi connectivity index (χ1n) is 13.2. The van der Waals surface area contributed by atoms with Crippen LogP contribution in [0.1, 0.15) is 6.92 Å². The number of anilines is 1. The molecule has 0 atom stereocenters. The molecule has 2 aliphatic rings. The minimum atomic E-state index is -1.00. The number of hydrogen-bond donors (Lipinski definition) is 2. The van der Waals surface area contributed by atoms with Gasteiger partial charge in [-0.15, -0.1) is 0 Å². The maximum Gasteiger partial charge on any atom is 0.343 e. The van der Waals surface area contributed by atoms with E-state index in [9.17, 15) is 19.1 Å². The van der Waals surface area contributed by atoms with Crippen LogP contribution in [0.2, 0.25) is 0 Å². The number of aliphatic hydroxyl groups excluding tert-OH is 1. The van der Waals surface area contributed by atoms with Crippen LogP contribution in [-0.4, -0.2) is 71.0 Å². The molecule has 2 aromatic rings. The summed E-state index contributed by atoms with van der Waals surface area (Å²) in [5.41, 5.74) is 0.923. The zero-order valence-corrected chi connectivity index (χ0v) is 23.2. The molecule has 42 heavy (non-hydrogen) atoms. The third-order valence-corrected chi connectivity index (χ3v) is 6.16. The number of carbonyl (C=O) groups is 1. The number of aliphatic hydroxyl groups is 1. The molecule has 0 unspecified atom stereocenters. The molecule has 224 valence electrons. The first-order valence-corrected chi connectivity index (χ1v) is 13.2. The first kappa shape index (κ1) is 30.7. The third kappa shape index (κ3) is 7.32. The summed E-state index contributed by atoms with van der Waals surface area (Å²) < 4.78 is 61.9. The van der Waals surface area contributed by atoms with Crippen molar-refractivity contribution in [3.63, 3.8) is 0 Å². The Balaban J connectivity index is 1.77. The molecular formula is C30H31F2NO9. The van der Waals surface area contributed by atoms with Crippen molar-refractivity contribution in [2.75, 3.05) is 65.2 Å². The monoisotopic (exact) mass is 587 g/mol. The van der Waals surface area contributed by atoms with Crippen LogP contribution in [0.15, 0.2) is 51.7 Å². The van der Waals surface area contributed by atoms with Crippen molar-refractivity contribution in [2.24, 2.45) is 0 Å². The number of ether oxygens (including phenoxy) is 5.